The standard InChI is InChI=1S/C8H17NO3S/c1-2-3-5-13(12)6-4-7(9)8(10)11/h7H,2-6,9H2,1H3,(H,10,11)/t7-,13+/m0/s1. The molecule has 0 aromatic carbocycles. The summed E-state index contributed by atoms with van der Waals surface area (Å²) >= 11 is -0.900. The van der Waals surface area contributed by atoms with E-state index in [9.17, 15) is 9.35 Å². The molecule has 0 fully saturated rings. The molecule has 0 saturated heterocycles. The van der Waals surface area contributed by atoms with Gasteiger partial charge in [0.25, 0.3) is 0 Å². The monoisotopic (exact) mass is 207 g/mol. The minimum atomic E-state index is -1.02. The van der Waals surface area contributed by atoms with Crippen molar-refractivity contribution in [3.63, 3.8) is 0 Å². The molecule has 0 aromatic rings. The maximum Gasteiger partial charge on any atom is 0.320 e. The number of rotatable bonds is 7. The lowest BCUT2D eigenvalue weighted by Gasteiger charge is -2.11. The molecule has 0 saturated carbocycles. The fourth-order valence-electron chi connectivity index (χ4n) is 0.789. The summed E-state index contributed by atoms with van der Waals surface area (Å²) in [6, 6.07) is -0.870. The average molecular weight is 207 g/mol. The minimum Gasteiger partial charge on any atom is -0.616 e. The highest BCUT2D eigenvalue weighted by Crippen LogP contribution is 2.01. The van der Waals surface area contributed by atoms with Gasteiger partial charge in [-0.25, -0.2) is 0 Å². The van der Waals surface area contributed by atoms with Crippen LogP contribution in [0.2, 0.25) is 0 Å². The van der Waals surface area contributed by atoms with Crippen LogP contribution in [0.4, 0.5) is 0 Å². The number of carbonyl (C=O) groups is 1. The number of unbranched alkanes of at least 4 members (excludes halogenated alkanes) is 1. The van der Waals surface area contributed by atoms with Crippen LogP contribution < -0.4 is 5.73 Å². The van der Waals surface area contributed by atoms with Crippen LogP contribution in [0.5, 0.6) is 0 Å². The van der Waals surface area contributed by atoms with Gasteiger partial charge >= 0.3 is 5.97 Å². The highest BCUT2D eigenvalue weighted by molar-refractivity contribution is 7.91. The highest BCUT2D eigenvalue weighted by atomic mass is 32.2. The molecule has 5 heteroatoms. The van der Waals surface area contributed by atoms with E-state index in [0.29, 0.717) is 17.9 Å². The van der Waals surface area contributed by atoms with E-state index >= 15 is 0 Å². The van der Waals surface area contributed by atoms with E-state index < -0.39 is 23.2 Å². The zero-order chi connectivity index (χ0) is 10.3. The van der Waals surface area contributed by atoms with Crippen LogP contribution in [0.3, 0.4) is 0 Å². The van der Waals surface area contributed by atoms with Crippen LogP contribution in [-0.2, 0) is 16.0 Å². The Morgan fingerprint density at radius 1 is 1.62 bits per heavy atom. The van der Waals surface area contributed by atoms with Crippen molar-refractivity contribution in [1.29, 1.82) is 0 Å². The van der Waals surface area contributed by atoms with Gasteiger partial charge in [-0.2, -0.15) is 0 Å². The van der Waals surface area contributed by atoms with E-state index in [1.54, 1.807) is 0 Å². The molecule has 0 aliphatic carbocycles. The van der Waals surface area contributed by atoms with Gasteiger partial charge < -0.3 is 15.4 Å². The lowest BCUT2D eigenvalue weighted by Crippen LogP contribution is -2.32. The van der Waals surface area contributed by atoms with Gasteiger partial charge in [0.1, 0.15) is 17.5 Å². The predicted octanol–water partition coefficient (Wildman–Crippen LogP) is 0.337. The van der Waals surface area contributed by atoms with Crippen LogP contribution in [0, 0.1) is 0 Å². The summed E-state index contributed by atoms with van der Waals surface area (Å²) in [5.41, 5.74) is 5.26. The molecule has 4 nitrogen and oxygen atoms in total. The molecule has 0 aliphatic heterocycles. The summed E-state index contributed by atoms with van der Waals surface area (Å²) in [7, 11) is 0. The van der Waals surface area contributed by atoms with Gasteiger partial charge in [0.05, 0.1) is 0 Å². The number of aliphatic carboxylic acids is 1. The summed E-state index contributed by atoms with van der Waals surface area (Å²) in [5.74, 6) is 0.0310. The molecule has 2 atom stereocenters. The first kappa shape index (κ1) is 12.7. The van der Waals surface area contributed by atoms with Crippen molar-refractivity contribution >= 4 is 17.1 Å². The highest BCUT2D eigenvalue weighted by Gasteiger charge is 2.14. The second-order valence-corrected chi connectivity index (χ2v) is 4.63. The Morgan fingerprint density at radius 2 is 2.23 bits per heavy atom. The van der Waals surface area contributed by atoms with E-state index in [4.69, 9.17) is 10.8 Å². The number of hydrogen-bond donors (Lipinski definition) is 2. The third-order valence-corrected chi connectivity index (χ3v) is 3.13. The summed E-state index contributed by atoms with van der Waals surface area (Å²) in [5, 5.41) is 8.45. The Hall–Kier alpha value is -0.260. The van der Waals surface area contributed by atoms with Gasteiger partial charge in [-0.1, -0.05) is 24.5 Å². The van der Waals surface area contributed by atoms with Crippen LogP contribution in [-0.4, -0.2) is 33.2 Å². The molecule has 0 radical (unpaired) electrons. The van der Waals surface area contributed by atoms with Gasteiger partial charge in [0.15, 0.2) is 0 Å². The molecule has 0 amide bonds. The molecule has 0 spiro atoms. The molecule has 3 N–H and O–H groups in total. The molecule has 13 heavy (non-hydrogen) atoms. The predicted molar refractivity (Wildman–Crippen MR) is 53.0 cm³/mol. The smallest absolute Gasteiger partial charge is 0.320 e. The van der Waals surface area contributed by atoms with Crippen LogP contribution in [0.15, 0.2) is 0 Å². The fourth-order valence-corrected chi connectivity index (χ4v) is 2.12. The van der Waals surface area contributed by atoms with E-state index in [0.717, 1.165) is 12.8 Å². The Kier molecular flexibility index (Phi) is 7.03. The van der Waals surface area contributed by atoms with Crippen LogP contribution >= 0.6 is 0 Å². The van der Waals surface area contributed by atoms with E-state index in [2.05, 4.69) is 0 Å². The molecule has 0 rings (SSSR count). The molecule has 0 bridgehead atoms. The summed E-state index contributed by atoms with van der Waals surface area (Å²) in [6.45, 7) is 2.03. The minimum absolute atomic E-state index is 0.297. The maximum atomic E-state index is 11.2. The lowest BCUT2D eigenvalue weighted by molar-refractivity contribution is -0.138. The molecular weight excluding hydrogens is 190 g/mol. The molecule has 0 heterocycles. The van der Waals surface area contributed by atoms with Crippen molar-refractivity contribution in [2.75, 3.05) is 11.5 Å². The quantitative estimate of drug-likeness (QED) is 0.589. The van der Waals surface area contributed by atoms with E-state index in [1.165, 1.54) is 0 Å². The first-order chi connectivity index (χ1) is 6.07. The van der Waals surface area contributed by atoms with Gasteiger partial charge in [0.2, 0.25) is 0 Å². The van der Waals surface area contributed by atoms with Crippen molar-refractivity contribution in [3.8, 4) is 0 Å². The van der Waals surface area contributed by atoms with Crippen molar-refractivity contribution in [3.05, 3.63) is 0 Å². The summed E-state index contributed by atoms with van der Waals surface area (Å²) < 4.78 is 11.2. The van der Waals surface area contributed by atoms with Crippen molar-refractivity contribution in [1.82, 2.24) is 0 Å². The Balaban J connectivity index is 3.45. The van der Waals surface area contributed by atoms with Gasteiger partial charge in [0, 0.05) is 6.42 Å². The lowest BCUT2D eigenvalue weighted by atomic mass is 10.2. The van der Waals surface area contributed by atoms with Crippen molar-refractivity contribution < 1.29 is 14.5 Å². The van der Waals surface area contributed by atoms with Crippen LogP contribution in [0.25, 0.3) is 0 Å². The van der Waals surface area contributed by atoms with Crippen LogP contribution in [0.1, 0.15) is 26.2 Å². The van der Waals surface area contributed by atoms with E-state index in [-0.39, 0.29) is 0 Å². The number of nitrogens with two attached hydrogens (primary N) is 1. The Morgan fingerprint density at radius 3 is 2.69 bits per heavy atom. The SMILES string of the molecule is CCCC[S@@+]([O-])CC[C@H](N)C(=O)O. The number of carboxylic acid groups (broad SMARTS) is 1. The van der Waals surface area contributed by atoms with Crippen molar-refractivity contribution in [2.24, 2.45) is 5.73 Å². The largest absolute Gasteiger partial charge is 0.616 e. The first-order valence-corrected chi connectivity index (χ1v) is 5.90. The zero-order valence-corrected chi connectivity index (χ0v) is 8.68. The van der Waals surface area contributed by atoms with Crippen molar-refractivity contribution in [2.45, 2.75) is 32.2 Å². The van der Waals surface area contributed by atoms with Gasteiger partial charge in [-0.05, 0) is 6.42 Å². The summed E-state index contributed by atoms with van der Waals surface area (Å²) in [6.07, 6.45) is 2.23. The molecule has 0 aliphatic rings. The third-order valence-electron chi connectivity index (χ3n) is 1.70. The molecule has 0 unspecified atom stereocenters. The fraction of sp³-hybridized carbons (Fsp3) is 0.875. The zero-order valence-electron chi connectivity index (χ0n) is 7.86. The Bertz CT molecular complexity index is 154. The summed E-state index contributed by atoms with van der Waals surface area (Å²) in [4.78, 5) is 10.3. The second kappa shape index (κ2) is 7.17. The van der Waals surface area contributed by atoms with Gasteiger partial charge in [-0.3, -0.25) is 4.79 Å². The van der Waals surface area contributed by atoms with Gasteiger partial charge in [-0.15, -0.1) is 0 Å². The first-order valence-electron chi connectivity index (χ1n) is 4.41. The number of carboxylic acids is 1. The Labute approximate surface area is 81.7 Å². The molecule has 0 aromatic heterocycles. The normalized spacial score (nSPS) is 15.3. The molecular formula is C8H17NO3S. The molecule has 78 valence electrons. The number of hydrogen-bond acceptors (Lipinski definition) is 3. The average Bonchev–Trinajstić information content (AvgIpc) is 2.10. The second-order valence-electron chi connectivity index (χ2n) is 2.94. The third kappa shape index (κ3) is 6.86. The van der Waals surface area contributed by atoms with E-state index in [1.807, 2.05) is 6.92 Å². The topological polar surface area (TPSA) is 86.4 Å². The maximum absolute atomic E-state index is 11.2.